The first-order valence-electron chi connectivity index (χ1n) is 10.9. The molecule has 0 radical (unpaired) electrons. The van der Waals surface area contributed by atoms with Gasteiger partial charge in [0.25, 0.3) is 0 Å². The molecule has 0 N–H and O–H groups in total. The second-order valence-electron chi connectivity index (χ2n) is 8.57. The minimum atomic E-state index is -4.44. The van der Waals surface area contributed by atoms with Crippen molar-refractivity contribution in [2.45, 2.75) is 38.0 Å². The van der Waals surface area contributed by atoms with E-state index in [9.17, 15) is 18.0 Å². The Morgan fingerprint density at radius 3 is 2.50 bits per heavy atom. The van der Waals surface area contributed by atoms with Gasteiger partial charge < -0.3 is 19.1 Å². The first kappa shape index (κ1) is 21.1. The first-order valence-corrected chi connectivity index (χ1v) is 10.9. The predicted octanol–water partition coefficient (Wildman–Crippen LogP) is 4.72. The van der Waals surface area contributed by atoms with Crippen molar-refractivity contribution in [3.8, 4) is 17.2 Å². The third-order valence-electron chi connectivity index (χ3n) is 6.50. The summed E-state index contributed by atoms with van der Waals surface area (Å²) in [6, 6.07) is 9.05. The maximum atomic E-state index is 13.2. The monoisotopic (exact) mass is 447 g/mol. The highest BCUT2D eigenvalue weighted by molar-refractivity contribution is 6.01. The molecular weight excluding hydrogens is 423 g/mol. The second kappa shape index (κ2) is 8.31. The zero-order valence-corrected chi connectivity index (χ0v) is 17.5. The molecule has 1 fully saturated rings. The fraction of sp³-hybridized carbons (Fsp3) is 0.458. The van der Waals surface area contributed by atoms with E-state index in [0.29, 0.717) is 49.5 Å². The molecule has 32 heavy (non-hydrogen) atoms. The number of carbonyl (C=O) groups is 1. The number of halogens is 3. The van der Waals surface area contributed by atoms with E-state index in [1.54, 1.807) is 12.1 Å². The van der Waals surface area contributed by atoms with Gasteiger partial charge in [0, 0.05) is 31.1 Å². The summed E-state index contributed by atoms with van der Waals surface area (Å²) in [5.74, 6) is 1.24. The zero-order chi connectivity index (χ0) is 22.3. The van der Waals surface area contributed by atoms with Crippen molar-refractivity contribution in [2.75, 3.05) is 26.4 Å². The molecule has 0 bridgehead atoms. The van der Waals surface area contributed by atoms with Crippen LogP contribution in [0.25, 0.3) is 0 Å². The SMILES string of the molecule is O=C1c2cc3c(cc2CCC1CN1CCC(Oc2ccccc2C(F)(F)F)CC1)OCO3. The molecule has 5 nitrogen and oxygen atoms in total. The van der Waals surface area contributed by atoms with Gasteiger partial charge in [-0.2, -0.15) is 13.2 Å². The van der Waals surface area contributed by atoms with E-state index in [2.05, 4.69) is 4.90 Å². The summed E-state index contributed by atoms with van der Waals surface area (Å²) in [6.07, 6.45) is -1.86. The molecule has 1 aliphatic carbocycles. The van der Waals surface area contributed by atoms with Gasteiger partial charge in [-0.1, -0.05) is 12.1 Å². The normalized spacial score (nSPS) is 21.5. The lowest BCUT2D eigenvalue weighted by Crippen LogP contribution is -2.43. The highest BCUT2D eigenvalue weighted by atomic mass is 19.4. The molecule has 1 atom stereocenters. The Hall–Kier alpha value is -2.74. The molecule has 0 amide bonds. The number of para-hydroxylation sites is 1. The van der Waals surface area contributed by atoms with Crippen LogP contribution in [0.3, 0.4) is 0 Å². The third-order valence-corrected chi connectivity index (χ3v) is 6.50. The molecule has 5 rings (SSSR count). The van der Waals surface area contributed by atoms with Crippen LogP contribution in [0.1, 0.15) is 40.7 Å². The Morgan fingerprint density at radius 2 is 1.75 bits per heavy atom. The standard InChI is InChI=1S/C24H24F3NO4/c25-24(26,27)19-3-1-2-4-20(19)32-17-7-9-28(10-8-17)13-16-6-5-15-11-21-22(31-14-30-21)12-18(15)23(16)29/h1-4,11-12,16-17H,5-10,13-14H2. The lowest BCUT2D eigenvalue weighted by molar-refractivity contribution is -0.139. The molecule has 8 heteroatoms. The van der Waals surface area contributed by atoms with E-state index in [4.69, 9.17) is 14.2 Å². The van der Waals surface area contributed by atoms with Gasteiger partial charge in [-0.15, -0.1) is 0 Å². The van der Waals surface area contributed by atoms with Crippen LogP contribution in [0.4, 0.5) is 13.2 Å². The van der Waals surface area contributed by atoms with Crippen molar-refractivity contribution in [1.82, 2.24) is 4.90 Å². The fourth-order valence-corrected chi connectivity index (χ4v) is 4.78. The van der Waals surface area contributed by atoms with Crippen molar-refractivity contribution in [3.63, 3.8) is 0 Å². The van der Waals surface area contributed by atoms with E-state index < -0.39 is 11.7 Å². The van der Waals surface area contributed by atoms with E-state index in [1.807, 2.05) is 6.07 Å². The number of carbonyl (C=O) groups excluding carboxylic acids is 1. The van der Waals surface area contributed by atoms with E-state index in [-0.39, 0.29) is 30.3 Å². The molecule has 0 saturated carbocycles. The maximum Gasteiger partial charge on any atom is 0.419 e. The van der Waals surface area contributed by atoms with Gasteiger partial charge in [0.2, 0.25) is 6.79 Å². The van der Waals surface area contributed by atoms with Crippen molar-refractivity contribution < 1.29 is 32.2 Å². The Balaban J connectivity index is 1.18. The number of alkyl halides is 3. The molecule has 0 spiro atoms. The number of ether oxygens (including phenoxy) is 3. The molecule has 1 unspecified atom stereocenters. The van der Waals surface area contributed by atoms with Crippen LogP contribution in [0.5, 0.6) is 17.2 Å². The fourth-order valence-electron chi connectivity index (χ4n) is 4.78. The molecule has 170 valence electrons. The first-order chi connectivity index (χ1) is 15.4. The minimum absolute atomic E-state index is 0.0914. The van der Waals surface area contributed by atoms with Gasteiger partial charge in [-0.3, -0.25) is 4.79 Å². The van der Waals surface area contributed by atoms with Gasteiger partial charge >= 0.3 is 6.18 Å². The van der Waals surface area contributed by atoms with E-state index in [0.717, 1.165) is 24.5 Å². The summed E-state index contributed by atoms with van der Waals surface area (Å²) in [4.78, 5) is 15.3. The molecule has 2 aromatic carbocycles. The number of fused-ring (bicyclic) bond motifs is 2. The molecule has 3 aliphatic rings. The number of ketones is 1. The number of Topliss-reactive ketones (excluding diaryl/α,β-unsaturated/α-hetero) is 1. The smallest absolute Gasteiger partial charge is 0.419 e. The zero-order valence-electron chi connectivity index (χ0n) is 17.5. The van der Waals surface area contributed by atoms with Crippen molar-refractivity contribution in [2.24, 2.45) is 5.92 Å². The van der Waals surface area contributed by atoms with Gasteiger partial charge in [0.05, 0.1) is 5.56 Å². The lowest BCUT2D eigenvalue weighted by Gasteiger charge is -2.35. The average molecular weight is 447 g/mol. The molecular formula is C24H24F3NO4. The molecule has 2 aliphatic heterocycles. The predicted molar refractivity (Wildman–Crippen MR) is 110 cm³/mol. The van der Waals surface area contributed by atoms with Crippen LogP contribution < -0.4 is 14.2 Å². The number of aryl methyl sites for hydroxylation is 1. The highest BCUT2D eigenvalue weighted by Crippen LogP contribution is 2.39. The average Bonchev–Trinajstić information content (AvgIpc) is 3.23. The number of nitrogens with zero attached hydrogens (tertiary/aromatic N) is 1. The Bertz CT molecular complexity index is 1010. The van der Waals surface area contributed by atoms with Crippen LogP contribution >= 0.6 is 0 Å². The van der Waals surface area contributed by atoms with Crippen molar-refractivity contribution >= 4 is 5.78 Å². The largest absolute Gasteiger partial charge is 0.490 e. The number of hydrogen-bond donors (Lipinski definition) is 0. The highest BCUT2D eigenvalue weighted by Gasteiger charge is 2.36. The van der Waals surface area contributed by atoms with Crippen LogP contribution in [-0.2, 0) is 12.6 Å². The van der Waals surface area contributed by atoms with Crippen molar-refractivity contribution in [3.05, 3.63) is 53.1 Å². The summed E-state index contributed by atoms with van der Waals surface area (Å²) < 4.78 is 56.2. The molecule has 2 aromatic rings. The number of benzene rings is 2. The Morgan fingerprint density at radius 1 is 1.03 bits per heavy atom. The summed E-state index contributed by atoms with van der Waals surface area (Å²) >= 11 is 0. The Kier molecular flexibility index (Phi) is 5.49. The quantitative estimate of drug-likeness (QED) is 0.679. The summed E-state index contributed by atoms with van der Waals surface area (Å²) in [5.41, 5.74) is 0.980. The molecule has 1 saturated heterocycles. The number of likely N-dealkylation sites (tertiary alicyclic amines) is 1. The van der Waals surface area contributed by atoms with Crippen molar-refractivity contribution in [1.29, 1.82) is 0 Å². The van der Waals surface area contributed by atoms with Crippen LogP contribution in [0, 0.1) is 5.92 Å². The van der Waals surface area contributed by atoms with E-state index in [1.165, 1.54) is 12.1 Å². The lowest BCUT2D eigenvalue weighted by atomic mass is 9.82. The number of hydrogen-bond acceptors (Lipinski definition) is 5. The Labute approximate surface area is 184 Å². The minimum Gasteiger partial charge on any atom is -0.490 e. The summed E-state index contributed by atoms with van der Waals surface area (Å²) in [5, 5.41) is 0. The number of rotatable bonds is 4. The summed E-state index contributed by atoms with van der Waals surface area (Å²) in [6.45, 7) is 2.21. The van der Waals surface area contributed by atoms with Crippen LogP contribution in [-0.4, -0.2) is 43.2 Å². The maximum absolute atomic E-state index is 13.2. The topological polar surface area (TPSA) is 48.0 Å². The van der Waals surface area contributed by atoms with Gasteiger partial charge in [0.1, 0.15) is 11.9 Å². The van der Waals surface area contributed by atoms with E-state index >= 15 is 0 Å². The van der Waals surface area contributed by atoms with Gasteiger partial charge in [0.15, 0.2) is 17.3 Å². The van der Waals surface area contributed by atoms with Gasteiger partial charge in [-0.25, -0.2) is 0 Å². The van der Waals surface area contributed by atoms with Crippen LogP contribution in [0.15, 0.2) is 36.4 Å². The second-order valence-corrected chi connectivity index (χ2v) is 8.57. The number of piperidine rings is 1. The summed E-state index contributed by atoms with van der Waals surface area (Å²) in [7, 11) is 0. The third kappa shape index (κ3) is 4.16. The molecule has 0 aromatic heterocycles. The van der Waals surface area contributed by atoms with Gasteiger partial charge in [-0.05, 0) is 55.5 Å². The molecule has 2 heterocycles. The van der Waals surface area contributed by atoms with Crippen LogP contribution in [0.2, 0.25) is 0 Å².